The normalized spacial score (nSPS) is 10.6. The fraction of sp³-hybridized carbons (Fsp3) is 0.190. The Hall–Kier alpha value is -3.13. The molecule has 8 heteroatoms. The number of halogens is 1. The summed E-state index contributed by atoms with van der Waals surface area (Å²) in [4.78, 5) is 12.6. The van der Waals surface area contributed by atoms with Crippen LogP contribution in [-0.2, 0) is 6.54 Å². The van der Waals surface area contributed by atoms with Crippen molar-refractivity contribution in [2.45, 2.75) is 11.7 Å². The van der Waals surface area contributed by atoms with Crippen molar-refractivity contribution in [1.29, 1.82) is 0 Å². The minimum absolute atomic E-state index is 0.0566. The average Bonchev–Trinajstić information content (AvgIpc) is 3.14. The molecule has 3 rings (SSSR count). The van der Waals surface area contributed by atoms with Crippen LogP contribution in [0.4, 0.5) is 4.39 Å². The zero-order valence-corrected chi connectivity index (χ0v) is 16.9. The van der Waals surface area contributed by atoms with E-state index in [1.807, 2.05) is 28.8 Å². The number of ketones is 1. The minimum Gasteiger partial charge on any atom is -0.496 e. The highest BCUT2D eigenvalue weighted by Crippen LogP contribution is 2.31. The van der Waals surface area contributed by atoms with Gasteiger partial charge in [0.1, 0.15) is 17.3 Å². The Labute approximate surface area is 172 Å². The van der Waals surface area contributed by atoms with E-state index in [9.17, 15) is 9.18 Å². The molecule has 0 saturated heterocycles. The van der Waals surface area contributed by atoms with E-state index in [1.165, 1.54) is 37.1 Å². The summed E-state index contributed by atoms with van der Waals surface area (Å²) in [7, 11) is 3.03. The number of carbonyl (C=O) groups excluding carboxylic acids is 1. The Balaban J connectivity index is 1.87. The van der Waals surface area contributed by atoms with Crippen LogP contribution in [-0.4, -0.2) is 40.5 Å². The highest BCUT2D eigenvalue weighted by Gasteiger charge is 2.19. The molecular formula is C21H20FN3O3S. The third kappa shape index (κ3) is 4.48. The lowest BCUT2D eigenvalue weighted by Gasteiger charge is -2.11. The van der Waals surface area contributed by atoms with Gasteiger partial charge in [0.15, 0.2) is 16.8 Å². The number of benzene rings is 2. The lowest BCUT2D eigenvalue weighted by Crippen LogP contribution is -2.07. The molecule has 0 unspecified atom stereocenters. The number of ether oxygens (including phenoxy) is 2. The van der Waals surface area contributed by atoms with Crippen LogP contribution < -0.4 is 9.47 Å². The van der Waals surface area contributed by atoms with Gasteiger partial charge in [0.25, 0.3) is 0 Å². The number of para-hydroxylation sites is 1. The number of carbonyl (C=O) groups is 1. The summed E-state index contributed by atoms with van der Waals surface area (Å²) in [5.41, 5.74) is 0.981. The number of aromatic nitrogens is 3. The van der Waals surface area contributed by atoms with Crippen LogP contribution in [0.5, 0.6) is 11.5 Å². The summed E-state index contributed by atoms with van der Waals surface area (Å²) >= 11 is 1.22. The molecule has 0 aliphatic heterocycles. The highest BCUT2D eigenvalue weighted by molar-refractivity contribution is 7.99. The van der Waals surface area contributed by atoms with Gasteiger partial charge in [0, 0.05) is 6.54 Å². The van der Waals surface area contributed by atoms with E-state index < -0.39 is 5.82 Å². The summed E-state index contributed by atoms with van der Waals surface area (Å²) in [6, 6.07) is 11.4. The Bertz CT molecular complexity index is 1040. The topological polar surface area (TPSA) is 66.2 Å². The Kier molecular flexibility index (Phi) is 6.66. The number of methoxy groups -OCH3 is 2. The molecule has 0 radical (unpaired) electrons. The predicted molar refractivity (Wildman–Crippen MR) is 110 cm³/mol. The lowest BCUT2D eigenvalue weighted by molar-refractivity contribution is 0.101. The number of thioether (sulfide) groups is 1. The van der Waals surface area contributed by atoms with Crippen molar-refractivity contribution in [2.75, 3.05) is 20.0 Å². The number of Topliss-reactive ketones (excluding diaryl/α,β-unsaturated/α-hetero) is 1. The summed E-state index contributed by atoms with van der Waals surface area (Å²) in [6.45, 7) is 4.25. The van der Waals surface area contributed by atoms with Crippen molar-refractivity contribution in [3.05, 3.63) is 66.5 Å². The maximum absolute atomic E-state index is 13.6. The summed E-state index contributed by atoms with van der Waals surface area (Å²) in [5.74, 6) is 0.911. The molecule has 1 heterocycles. The molecule has 0 bridgehead atoms. The van der Waals surface area contributed by atoms with Crippen molar-refractivity contribution < 1.29 is 18.7 Å². The van der Waals surface area contributed by atoms with E-state index >= 15 is 0 Å². The minimum atomic E-state index is -0.493. The van der Waals surface area contributed by atoms with E-state index in [-0.39, 0.29) is 17.1 Å². The maximum atomic E-state index is 13.6. The molecule has 0 spiro atoms. The second-order valence-corrected chi connectivity index (χ2v) is 6.90. The number of hydrogen-bond acceptors (Lipinski definition) is 6. The molecule has 0 atom stereocenters. The van der Waals surface area contributed by atoms with Crippen molar-refractivity contribution in [3.8, 4) is 22.9 Å². The highest BCUT2D eigenvalue weighted by atomic mass is 32.2. The smallest absolute Gasteiger partial charge is 0.192 e. The van der Waals surface area contributed by atoms with Crippen molar-refractivity contribution >= 4 is 17.5 Å². The Morgan fingerprint density at radius 1 is 1.17 bits per heavy atom. The van der Waals surface area contributed by atoms with E-state index in [0.717, 1.165) is 5.56 Å². The van der Waals surface area contributed by atoms with Crippen molar-refractivity contribution in [2.24, 2.45) is 0 Å². The van der Waals surface area contributed by atoms with Gasteiger partial charge >= 0.3 is 0 Å². The molecule has 0 aliphatic carbocycles. The van der Waals surface area contributed by atoms with E-state index in [2.05, 4.69) is 16.8 Å². The molecule has 1 aromatic heterocycles. The molecule has 0 fully saturated rings. The lowest BCUT2D eigenvalue weighted by atomic mass is 10.1. The first-order chi connectivity index (χ1) is 14.1. The van der Waals surface area contributed by atoms with Crippen LogP contribution in [0.3, 0.4) is 0 Å². The van der Waals surface area contributed by atoms with Gasteiger partial charge in [-0.1, -0.05) is 30.0 Å². The fourth-order valence-corrected chi connectivity index (χ4v) is 3.65. The zero-order chi connectivity index (χ0) is 20.8. The van der Waals surface area contributed by atoms with Gasteiger partial charge in [-0.25, -0.2) is 4.39 Å². The standard InChI is InChI=1S/C21H20FN3O3S/c1-4-11-25-20(15-7-5-6-8-18(15)27-2)23-24-21(25)29-13-17(26)16-12-14(22)9-10-19(16)28-3/h4-10,12H,1,11,13H2,2-3H3. The number of allylic oxidation sites excluding steroid dienone is 1. The molecule has 6 nitrogen and oxygen atoms in total. The van der Waals surface area contributed by atoms with Gasteiger partial charge in [-0.3, -0.25) is 9.36 Å². The SMILES string of the molecule is C=CCn1c(SCC(=O)c2cc(F)ccc2OC)nnc1-c1ccccc1OC. The van der Waals surface area contributed by atoms with Crippen LogP contribution in [0.2, 0.25) is 0 Å². The van der Waals surface area contributed by atoms with Gasteiger partial charge in [-0.05, 0) is 30.3 Å². The third-order valence-electron chi connectivity index (χ3n) is 4.17. The summed E-state index contributed by atoms with van der Waals surface area (Å²) < 4.78 is 26.0. The second kappa shape index (κ2) is 9.38. The summed E-state index contributed by atoms with van der Waals surface area (Å²) in [5, 5.41) is 9.06. The number of nitrogens with zero attached hydrogens (tertiary/aromatic N) is 3. The van der Waals surface area contributed by atoms with E-state index in [1.54, 1.807) is 13.2 Å². The van der Waals surface area contributed by atoms with Gasteiger partial charge in [0.05, 0.1) is 31.1 Å². The largest absolute Gasteiger partial charge is 0.496 e. The maximum Gasteiger partial charge on any atom is 0.192 e. The van der Waals surface area contributed by atoms with Gasteiger partial charge in [0.2, 0.25) is 0 Å². The Morgan fingerprint density at radius 3 is 2.66 bits per heavy atom. The molecule has 0 aliphatic rings. The molecular weight excluding hydrogens is 393 g/mol. The number of rotatable bonds is 9. The monoisotopic (exact) mass is 413 g/mol. The molecule has 0 saturated carbocycles. The molecule has 150 valence electrons. The van der Waals surface area contributed by atoms with Crippen LogP contribution in [0.1, 0.15) is 10.4 Å². The van der Waals surface area contributed by atoms with Crippen molar-refractivity contribution in [3.63, 3.8) is 0 Å². The fourth-order valence-electron chi connectivity index (χ4n) is 2.82. The van der Waals surface area contributed by atoms with Crippen molar-refractivity contribution in [1.82, 2.24) is 14.8 Å². The molecule has 0 N–H and O–H groups in total. The van der Waals surface area contributed by atoms with Gasteiger partial charge in [-0.2, -0.15) is 0 Å². The second-order valence-electron chi connectivity index (χ2n) is 5.96. The molecule has 2 aromatic carbocycles. The predicted octanol–water partition coefficient (Wildman–Crippen LogP) is 4.26. The van der Waals surface area contributed by atoms with Gasteiger partial charge in [-0.15, -0.1) is 16.8 Å². The molecule has 3 aromatic rings. The molecule has 29 heavy (non-hydrogen) atoms. The number of hydrogen-bond donors (Lipinski definition) is 0. The van der Waals surface area contributed by atoms with E-state index in [0.29, 0.717) is 29.0 Å². The Morgan fingerprint density at radius 2 is 1.93 bits per heavy atom. The average molecular weight is 413 g/mol. The van der Waals surface area contributed by atoms with Crippen LogP contribution in [0.25, 0.3) is 11.4 Å². The first-order valence-corrected chi connectivity index (χ1v) is 9.74. The zero-order valence-electron chi connectivity index (χ0n) is 16.1. The van der Waals surface area contributed by atoms with Crippen LogP contribution >= 0.6 is 11.8 Å². The van der Waals surface area contributed by atoms with Crippen LogP contribution in [0.15, 0.2) is 60.3 Å². The van der Waals surface area contributed by atoms with E-state index in [4.69, 9.17) is 9.47 Å². The summed E-state index contributed by atoms with van der Waals surface area (Å²) in [6.07, 6.45) is 1.73. The first kappa shape index (κ1) is 20.6. The van der Waals surface area contributed by atoms with Gasteiger partial charge < -0.3 is 9.47 Å². The first-order valence-electron chi connectivity index (χ1n) is 8.76. The third-order valence-corrected chi connectivity index (χ3v) is 5.14. The quantitative estimate of drug-likeness (QED) is 0.297. The van der Waals surface area contributed by atoms with Crippen LogP contribution in [0, 0.1) is 5.82 Å². The molecule has 0 amide bonds.